The van der Waals surface area contributed by atoms with Gasteiger partial charge in [-0.1, -0.05) is 62.8 Å². The van der Waals surface area contributed by atoms with Crippen LogP contribution in [0.2, 0.25) is 0 Å². The first-order valence-corrected chi connectivity index (χ1v) is 18.5. The number of hydrogen-bond acceptors (Lipinski definition) is 8. The number of ketones is 1. The van der Waals surface area contributed by atoms with Crippen LogP contribution in [0.5, 0.6) is 0 Å². The molecule has 0 spiro atoms. The molecule has 0 saturated carbocycles. The van der Waals surface area contributed by atoms with Crippen LogP contribution in [-0.4, -0.2) is 109 Å². The zero-order valence-electron chi connectivity index (χ0n) is 31.1. The van der Waals surface area contributed by atoms with Crippen LogP contribution < -0.4 is 14.9 Å². The molecule has 0 radical (unpaired) electrons. The Morgan fingerprint density at radius 3 is 1.75 bits per heavy atom. The molecule has 51 heavy (non-hydrogen) atoms. The lowest BCUT2D eigenvalue weighted by atomic mass is 9.80. The van der Waals surface area contributed by atoms with E-state index in [2.05, 4.69) is 47.4 Å². The molecule has 9 nitrogen and oxygen atoms in total. The summed E-state index contributed by atoms with van der Waals surface area (Å²) >= 11 is 0. The first-order chi connectivity index (χ1) is 24.9. The topological polar surface area (TPSA) is 86.5 Å². The monoisotopic (exact) mass is 699 g/mol. The van der Waals surface area contributed by atoms with Gasteiger partial charge in [-0.15, -0.1) is 0 Å². The maximum atomic E-state index is 13.1. The zero-order valence-corrected chi connectivity index (χ0v) is 31.1. The van der Waals surface area contributed by atoms with Gasteiger partial charge in [0.1, 0.15) is 13.7 Å². The van der Waals surface area contributed by atoms with Crippen molar-refractivity contribution in [2.45, 2.75) is 39.5 Å². The molecule has 0 N–H and O–H groups in total. The van der Waals surface area contributed by atoms with Crippen molar-refractivity contribution in [1.82, 2.24) is 0 Å². The molecule has 0 amide bonds. The Bertz CT molecular complexity index is 1500. The van der Waals surface area contributed by atoms with Gasteiger partial charge in [0.25, 0.3) is 0 Å². The fourth-order valence-corrected chi connectivity index (χ4v) is 5.81. The van der Waals surface area contributed by atoms with Gasteiger partial charge in [0, 0.05) is 61.4 Å². The number of nitrogens with zero attached hydrogens (tertiary/aromatic N) is 3. The van der Waals surface area contributed by atoms with Crippen molar-refractivity contribution in [2.75, 3.05) is 103 Å². The Balaban J connectivity index is 1.09. The highest BCUT2D eigenvalue weighted by Crippen LogP contribution is 2.37. The van der Waals surface area contributed by atoms with Crippen LogP contribution >= 0.6 is 0 Å². The van der Waals surface area contributed by atoms with Crippen LogP contribution in [0.1, 0.15) is 45.1 Å². The molecule has 0 aromatic heterocycles. The van der Waals surface area contributed by atoms with Gasteiger partial charge in [-0.25, -0.2) is 4.58 Å². The van der Waals surface area contributed by atoms with Crippen LogP contribution in [0.15, 0.2) is 95.8 Å². The van der Waals surface area contributed by atoms with Crippen molar-refractivity contribution < 1.29 is 33.4 Å². The Labute approximate surface area is 305 Å². The van der Waals surface area contributed by atoms with Crippen LogP contribution in [0.4, 0.5) is 11.4 Å². The second-order valence-corrected chi connectivity index (χ2v) is 12.8. The molecule has 0 saturated heterocycles. The summed E-state index contributed by atoms with van der Waals surface area (Å²) in [6.45, 7) is 12.3. The smallest absolute Gasteiger partial charge is 0.199 e. The van der Waals surface area contributed by atoms with Crippen molar-refractivity contribution in [2.24, 2.45) is 0 Å². The van der Waals surface area contributed by atoms with E-state index in [4.69, 9.17) is 18.9 Å². The lowest BCUT2D eigenvalue weighted by molar-refractivity contribution is -0.499. The normalized spacial score (nSPS) is 14.0. The van der Waals surface area contributed by atoms with Gasteiger partial charge >= 0.3 is 0 Å². The first kappa shape index (κ1) is 39.8. The second-order valence-electron chi connectivity index (χ2n) is 12.8. The second kappa shape index (κ2) is 22.0. The summed E-state index contributed by atoms with van der Waals surface area (Å²) in [7, 11) is 4.05. The van der Waals surface area contributed by atoms with E-state index in [0.717, 1.165) is 56.7 Å². The molecule has 2 aliphatic rings. The maximum absolute atomic E-state index is 13.1. The number of carbonyl (C=O) groups excluding carboxylic acids is 1. The minimum Gasteiger partial charge on any atom is -0.871 e. The van der Waals surface area contributed by atoms with Crippen molar-refractivity contribution >= 4 is 28.4 Å². The molecule has 276 valence electrons. The summed E-state index contributed by atoms with van der Waals surface area (Å²) in [4.78, 5) is 17.7. The van der Waals surface area contributed by atoms with Crippen LogP contribution in [0.25, 0.3) is 5.57 Å². The maximum Gasteiger partial charge on any atom is 0.199 e. The average Bonchev–Trinajstić information content (AvgIpc) is 3.16. The van der Waals surface area contributed by atoms with Crippen molar-refractivity contribution in [1.29, 1.82) is 0 Å². The number of likely N-dealkylation sites (N-methyl/N-ethyl adjacent to an activating group) is 2. The van der Waals surface area contributed by atoms with E-state index >= 15 is 0 Å². The quantitative estimate of drug-likeness (QED) is 0.0813. The molecule has 0 unspecified atom stereocenters. The van der Waals surface area contributed by atoms with Gasteiger partial charge in [0.15, 0.2) is 18.0 Å². The summed E-state index contributed by atoms with van der Waals surface area (Å²) < 4.78 is 24.7. The van der Waals surface area contributed by atoms with Gasteiger partial charge in [0.05, 0.1) is 46.2 Å². The molecule has 0 aliphatic heterocycles. The van der Waals surface area contributed by atoms with E-state index in [-0.39, 0.29) is 22.7 Å². The van der Waals surface area contributed by atoms with Gasteiger partial charge in [-0.2, -0.15) is 0 Å². The Morgan fingerprint density at radius 2 is 1.20 bits per heavy atom. The number of ether oxygens (including phenoxy) is 4. The number of allylic oxidation sites excluding steroid dienone is 7. The first-order valence-electron chi connectivity index (χ1n) is 18.5. The molecule has 2 aromatic carbocycles. The number of hydrogen-bond donors (Lipinski definition) is 0. The summed E-state index contributed by atoms with van der Waals surface area (Å²) in [5, 5.41) is 13.1. The highest BCUT2D eigenvalue weighted by atomic mass is 16.6. The molecule has 9 heteroatoms. The summed E-state index contributed by atoms with van der Waals surface area (Å²) in [6.07, 6.45) is 12.1. The predicted octanol–water partition coefficient (Wildman–Crippen LogP) is 5.46. The van der Waals surface area contributed by atoms with Gasteiger partial charge in [-0.05, 0) is 60.4 Å². The summed E-state index contributed by atoms with van der Waals surface area (Å²) in [5.41, 5.74) is 5.20. The number of rotatable bonds is 24. The molecule has 0 fully saturated rings. The van der Waals surface area contributed by atoms with E-state index in [1.165, 1.54) is 5.69 Å². The van der Waals surface area contributed by atoms with Gasteiger partial charge in [-0.3, -0.25) is 4.79 Å². The van der Waals surface area contributed by atoms with E-state index in [0.29, 0.717) is 70.5 Å². The Kier molecular flexibility index (Phi) is 17.2. The Hall–Kier alpha value is -4.02. The summed E-state index contributed by atoms with van der Waals surface area (Å²) in [6, 6.07) is 18.2. The van der Waals surface area contributed by atoms with E-state index in [9.17, 15) is 9.90 Å². The van der Waals surface area contributed by atoms with Gasteiger partial charge in [0.2, 0.25) is 0 Å². The lowest BCUT2D eigenvalue weighted by Crippen LogP contribution is -2.30. The number of benzene rings is 2. The van der Waals surface area contributed by atoms with E-state index in [1.807, 2.05) is 73.8 Å². The standard InChI is InChI=1S/C42H57N3O6/c1-5-7-22-45(23-8-6-2)38-20-16-35(17-21-38)40-41(46)39(42(40)47)34-14-18-37(19-15-34)44(4)25-27-49-29-31-51-33-32-50-30-28-48-26-24-43(3)36-12-10-9-11-13-36/h9-21H,5-8,22-33H2,1-4H3. The zero-order chi connectivity index (χ0) is 36.3. The third kappa shape index (κ3) is 12.3. The molecular formula is C42H57N3O6. The number of carbonyl (C=O) groups is 1. The molecule has 4 rings (SSSR count). The predicted molar refractivity (Wildman–Crippen MR) is 205 cm³/mol. The molecule has 0 heterocycles. The number of para-hydroxylation sites is 1. The number of anilines is 2. The molecule has 0 atom stereocenters. The highest BCUT2D eigenvalue weighted by Gasteiger charge is 2.30. The summed E-state index contributed by atoms with van der Waals surface area (Å²) in [5.74, 6) is -0.366. The van der Waals surface area contributed by atoms with Crippen LogP contribution in [-0.2, 0) is 23.7 Å². The highest BCUT2D eigenvalue weighted by molar-refractivity contribution is 6.39. The third-order valence-corrected chi connectivity index (χ3v) is 9.04. The third-order valence-electron chi connectivity index (χ3n) is 9.04. The number of unbranched alkanes of at least 4 members (excludes halogenated alkanes) is 2. The minimum atomic E-state index is -0.183. The Morgan fingerprint density at radius 1 is 0.647 bits per heavy atom. The largest absolute Gasteiger partial charge is 0.871 e. The van der Waals surface area contributed by atoms with Crippen molar-refractivity contribution in [3.8, 4) is 0 Å². The van der Waals surface area contributed by atoms with E-state index < -0.39 is 0 Å². The van der Waals surface area contributed by atoms with Crippen LogP contribution in [0, 0.1) is 0 Å². The molecule has 0 bridgehead atoms. The lowest BCUT2D eigenvalue weighted by Gasteiger charge is -2.32. The van der Waals surface area contributed by atoms with E-state index in [1.54, 1.807) is 0 Å². The van der Waals surface area contributed by atoms with Crippen LogP contribution in [0.3, 0.4) is 0 Å². The average molecular weight is 700 g/mol. The van der Waals surface area contributed by atoms with Crippen molar-refractivity contribution in [3.63, 3.8) is 0 Å². The number of Topliss-reactive ketones (excluding diaryl/α,β-unsaturated/α-hetero) is 1. The molecule has 2 aliphatic carbocycles. The minimum absolute atomic E-state index is 0.183. The fourth-order valence-electron chi connectivity index (χ4n) is 5.81. The van der Waals surface area contributed by atoms with Crippen molar-refractivity contribution in [3.05, 3.63) is 101 Å². The molecule has 2 aromatic rings. The molecular weight excluding hydrogens is 642 g/mol. The fraction of sp³-hybridized carbons (Fsp3) is 0.476. The SMILES string of the molecule is CCCCN(CCCC)c1ccc(C2=C([O-])C(=C3C=CC(=[N+](C)CCOCCOCCOCCOCCN(C)c4ccccc4)C=C3)C2=O)cc1. The van der Waals surface area contributed by atoms with Gasteiger partial charge < -0.3 is 33.9 Å².